The van der Waals surface area contributed by atoms with Crippen molar-refractivity contribution < 1.29 is 4.79 Å². The number of nitrogens with one attached hydrogen (secondary N) is 2. The number of carbonyl (C=O) groups is 1. The Bertz CT molecular complexity index is 710. The van der Waals surface area contributed by atoms with Gasteiger partial charge in [-0.05, 0) is 43.9 Å². The smallest absolute Gasteiger partial charge is 0.216 e. The normalized spacial score (nSPS) is 19.2. The van der Waals surface area contributed by atoms with E-state index in [4.69, 9.17) is 11.6 Å². The average molecular weight is 334 g/mol. The summed E-state index contributed by atoms with van der Waals surface area (Å²) in [6.07, 6.45) is 2.37. The van der Waals surface area contributed by atoms with Crippen molar-refractivity contribution >= 4 is 28.4 Å². The molecule has 124 valence electrons. The molecule has 2 heterocycles. The Morgan fingerprint density at radius 1 is 1.48 bits per heavy atom. The number of piperidine rings is 1. The number of H-pyrrole nitrogens is 1. The first kappa shape index (κ1) is 16.3. The molecular weight excluding hydrogens is 310 g/mol. The molecule has 3 rings (SSSR count). The van der Waals surface area contributed by atoms with Crippen LogP contribution in [0.3, 0.4) is 0 Å². The van der Waals surface area contributed by atoms with Gasteiger partial charge >= 0.3 is 0 Å². The molecule has 0 spiro atoms. The number of aromatic amines is 1. The number of carbonyl (C=O) groups excluding carboxylic acids is 1. The van der Waals surface area contributed by atoms with Crippen LogP contribution in [-0.4, -0.2) is 35.4 Å². The average Bonchev–Trinajstić information content (AvgIpc) is 2.84. The van der Waals surface area contributed by atoms with Gasteiger partial charge in [0, 0.05) is 37.6 Å². The minimum Gasteiger partial charge on any atom is -0.356 e. The number of para-hydroxylation sites is 1. The maximum atomic E-state index is 11.1. The first-order valence-electron chi connectivity index (χ1n) is 8.27. The molecule has 1 saturated heterocycles. The molecule has 1 amide bonds. The molecule has 1 aliphatic rings. The van der Waals surface area contributed by atoms with Crippen LogP contribution in [-0.2, 0) is 11.3 Å². The molecular formula is C18H24ClN3O. The number of hydrogen-bond donors (Lipinski definition) is 2. The van der Waals surface area contributed by atoms with E-state index in [-0.39, 0.29) is 5.91 Å². The van der Waals surface area contributed by atoms with E-state index in [0.717, 1.165) is 36.7 Å². The predicted molar refractivity (Wildman–Crippen MR) is 94.7 cm³/mol. The van der Waals surface area contributed by atoms with Gasteiger partial charge in [-0.2, -0.15) is 0 Å². The van der Waals surface area contributed by atoms with Crippen molar-refractivity contribution in [1.29, 1.82) is 0 Å². The molecule has 23 heavy (non-hydrogen) atoms. The third-order valence-electron chi connectivity index (χ3n) is 4.77. The van der Waals surface area contributed by atoms with Gasteiger partial charge in [0.15, 0.2) is 0 Å². The molecule has 0 unspecified atom stereocenters. The lowest BCUT2D eigenvalue weighted by molar-refractivity contribution is -0.119. The predicted octanol–water partition coefficient (Wildman–Crippen LogP) is 3.48. The fraction of sp³-hybridized carbons (Fsp3) is 0.500. The molecule has 1 aromatic carbocycles. The minimum atomic E-state index is 0.0585. The summed E-state index contributed by atoms with van der Waals surface area (Å²) < 4.78 is 0. The van der Waals surface area contributed by atoms with Crippen LogP contribution in [0.5, 0.6) is 0 Å². The summed E-state index contributed by atoms with van der Waals surface area (Å²) in [4.78, 5) is 17.1. The second kappa shape index (κ2) is 6.93. The molecule has 5 heteroatoms. The zero-order chi connectivity index (χ0) is 16.4. The van der Waals surface area contributed by atoms with Gasteiger partial charge in [0.1, 0.15) is 0 Å². The van der Waals surface area contributed by atoms with Crippen molar-refractivity contribution in [3.8, 4) is 0 Å². The lowest BCUT2D eigenvalue weighted by atomic mass is 9.97. The number of likely N-dealkylation sites (tertiary alicyclic amines) is 1. The third kappa shape index (κ3) is 3.70. The van der Waals surface area contributed by atoms with Crippen molar-refractivity contribution in [3.05, 3.63) is 34.5 Å². The Labute approximate surface area is 142 Å². The third-order valence-corrected chi connectivity index (χ3v) is 5.09. The summed E-state index contributed by atoms with van der Waals surface area (Å²) in [6.45, 7) is 7.57. The highest BCUT2D eigenvalue weighted by atomic mass is 35.5. The second-order valence-electron chi connectivity index (χ2n) is 6.57. The van der Waals surface area contributed by atoms with Crippen molar-refractivity contribution in [2.75, 3.05) is 19.6 Å². The fourth-order valence-corrected chi connectivity index (χ4v) is 3.72. The van der Waals surface area contributed by atoms with Crippen LogP contribution < -0.4 is 5.32 Å². The summed E-state index contributed by atoms with van der Waals surface area (Å²) in [5, 5.41) is 4.93. The van der Waals surface area contributed by atoms with E-state index in [0.29, 0.717) is 5.92 Å². The standard InChI is InChI=1S/C18H24ClN3O/c1-12-15-6-3-7-16(19)18(15)21-17(12)11-22-8-4-5-14(10-22)9-20-13(2)23/h3,6-7,14,21H,4-5,8-11H2,1-2H3,(H,20,23)/t14-/m1/s1. The van der Waals surface area contributed by atoms with Crippen LogP contribution in [0.4, 0.5) is 0 Å². The number of aromatic nitrogens is 1. The summed E-state index contributed by atoms with van der Waals surface area (Å²) in [5.74, 6) is 0.601. The summed E-state index contributed by atoms with van der Waals surface area (Å²) >= 11 is 6.29. The van der Waals surface area contributed by atoms with Gasteiger partial charge in [-0.15, -0.1) is 0 Å². The van der Waals surface area contributed by atoms with Crippen molar-refractivity contribution in [2.45, 2.75) is 33.2 Å². The molecule has 0 saturated carbocycles. The summed E-state index contributed by atoms with van der Waals surface area (Å²) in [6, 6.07) is 6.04. The molecule has 0 bridgehead atoms. The van der Waals surface area contributed by atoms with Crippen molar-refractivity contribution in [3.63, 3.8) is 0 Å². The van der Waals surface area contributed by atoms with E-state index in [1.54, 1.807) is 6.92 Å². The molecule has 1 aromatic heterocycles. The Balaban J connectivity index is 1.70. The highest BCUT2D eigenvalue weighted by molar-refractivity contribution is 6.35. The van der Waals surface area contributed by atoms with E-state index in [9.17, 15) is 4.79 Å². The maximum Gasteiger partial charge on any atom is 0.216 e. The summed E-state index contributed by atoms with van der Waals surface area (Å²) in [7, 11) is 0. The number of amides is 1. The molecule has 4 nitrogen and oxygen atoms in total. The van der Waals surface area contributed by atoms with Gasteiger partial charge in [-0.1, -0.05) is 23.7 Å². The van der Waals surface area contributed by atoms with E-state index in [2.05, 4.69) is 28.2 Å². The molecule has 0 radical (unpaired) electrons. The number of halogens is 1. The second-order valence-corrected chi connectivity index (χ2v) is 6.98. The largest absolute Gasteiger partial charge is 0.356 e. The molecule has 1 aliphatic heterocycles. The van der Waals surface area contributed by atoms with Crippen molar-refractivity contribution in [1.82, 2.24) is 15.2 Å². The molecule has 1 fully saturated rings. The summed E-state index contributed by atoms with van der Waals surface area (Å²) in [5.41, 5.74) is 3.56. The Hall–Kier alpha value is -1.52. The van der Waals surface area contributed by atoms with Crippen LogP contribution >= 0.6 is 11.6 Å². The zero-order valence-corrected chi connectivity index (χ0v) is 14.5. The number of rotatable bonds is 4. The SMILES string of the molecule is CC(=O)NC[C@H]1CCCN(Cc2[nH]c3c(Cl)cccc3c2C)C1. The molecule has 1 atom stereocenters. The Morgan fingerprint density at radius 2 is 2.30 bits per heavy atom. The van der Waals surface area contributed by atoms with Gasteiger partial charge in [-0.25, -0.2) is 0 Å². The minimum absolute atomic E-state index is 0.0585. The van der Waals surface area contributed by atoms with Crippen LogP contribution in [0.2, 0.25) is 5.02 Å². The van der Waals surface area contributed by atoms with Gasteiger partial charge in [0.05, 0.1) is 10.5 Å². The quantitative estimate of drug-likeness (QED) is 0.900. The van der Waals surface area contributed by atoms with E-state index in [1.807, 2.05) is 12.1 Å². The lowest BCUT2D eigenvalue weighted by Gasteiger charge is -2.32. The van der Waals surface area contributed by atoms with Gasteiger partial charge in [-0.3, -0.25) is 9.69 Å². The van der Waals surface area contributed by atoms with Crippen LogP contribution in [0, 0.1) is 12.8 Å². The molecule has 2 aromatic rings. The number of hydrogen-bond acceptors (Lipinski definition) is 2. The topological polar surface area (TPSA) is 48.1 Å². The maximum absolute atomic E-state index is 11.1. The number of benzene rings is 1. The number of aryl methyl sites for hydroxylation is 1. The lowest BCUT2D eigenvalue weighted by Crippen LogP contribution is -2.40. The zero-order valence-electron chi connectivity index (χ0n) is 13.8. The number of nitrogens with zero attached hydrogens (tertiary/aromatic N) is 1. The Kier molecular flexibility index (Phi) is 4.93. The van der Waals surface area contributed by atoms with Gasteiger partial charge in [0.25, 0.3) is 0 Å². The van der Waals surface area contributed by atoms with Gasteiger partial charge < -0.3 is 10.3 Å². The number of fused-ring (bicyclic) bond motifs is 1. The monoisotopic (exact) mass is 333 g/mol. The Morgan fingerprint density at radius 3 is 3.04 bits per heavy atom. The highest BCUT2D eigenvalue weighted by Gasteiger charge is 2.21. The highest BCUT2D eigenvalue weighted by Crippen LogP contribution is 2.29. The van der Waals surface area contributed by atoms with Crippen LogP contribution in [0.15, 0.2) is 18.2 Å². The van der Waals surface area contributed by atoms with E-state index < -0.39 is 0 Å². The first-order valence-corrected chi connectivity index (χ1v) is 8.65. The van der Waals surface area contributed by atoms with Crippen molar-refractivity contribution in [2.24, 2.45) is 5.92 Å². The van der Waals surface area contributed by atoms with Crippen LogP contribution in [0.1, 0.15) is 31.0 Å². The van der Waals surface area contributed by atoms with Gasteiger partial charge in [0.2, 0.25) is 5.91 Å². The fourth-order valence-electron chi connectivity index (χ4n) is 3.50. The molecule has 0 aliphatic carbocycles. The van der Waals surface area contributed by atoms with Crippen LogP contribution in [0.25, 0.3) is 10.9 Å². The van der Waals surface area contributed by atoms with E-state index in [1.165, 1.54) is 29.5 Å². The van der Waals surface area contributed by atoms with E-state index >= 15 is 0 Å². The molecule has 2 N–H and O–H groups in total. The first-order chi connectivity index (χ1) is 11.0.